The van der Waals surface area contributed by atoms with Crippen molar-refractivity contribution in [2.75, 3.05) is 5.32 Å². The lowest BCUT2D eigenvalue weighted by atomic mass is 10.0. The molecule has 0 amide bonds. The normalized spacial score (nSPS) is 12.3. The van der Waals surface area contributed by atoms with E-state index in [-0.39, 0.29) is 6.04 Å². The number of rotatable bonds is 4. The first-order valence-corrected chi connectivity index (χ1v) is 8.17. The Morgan fingerprint density at radius 2 is 1.48 bits per heavy atom. The molecule has 1 nitrogen and oxygen atoms in total. The van der Waals surface area contributed by atoms with E-state index >= 15 is 0 Å². The van der Waals surface area contributed by atoms with Crippen LogP contribution in [0.15, 0.2) is 30.3 Å². The Bertz CT molecular complexity index is 634. The minimum absolute atomic E-state index is 0.0101. The molecule has 0 saturated heterocycles. The Kier molecular flexibility index (Phi) is 5.93. The summed E-state index contributed by atoms with van der Waals surface area (Å²) in [5.41, 5.74) is 1.66. The smallest absolute Gasteiger partial charge is 0.0724 e. The van der Waals surface area contributed by atoms with E-state index in [0.717, 1.165) is 12.0 Å². The van der Waals surface area contributed by atoms with Gasteiger partial charge < -0.3 is 5.32 Å². The first kappa shape index (κ1) is 17.1. The highest BCUT2D eigenvalue weighted by molar-refractivity contribution is 6.42. The van der Waals surface area contributed by atoms with E-state index in [2.05, 4.69) is 12.2 Å². The van der Waals surface area contributed by atoms with Crippen LogP contribution in [0.2, 0.25) is 25.1 Å². The van der Waals surface area contributed by atoms with Crippen molar-refractivity contribution in [2.45, 2.75) is 19.4 Å². The summed E-state index contributed by atoms with van der Waals surface area (Å²) in [5.74, 6) is 0. The Hall–Kier alpha value is -0.310. The van der Waals surface area contributed by atoms with Gasteiger partial charge in [0.15, 0.2) is 0 Å². The van der Waals surface area contributed by atoms with Crippen molar-refractivity contribution in [3.8, 4) is 0 Å². The maximum absolute atomic E-state index is 6.20. The zero-order valence-corrected chi connectivity index (χ0v) is 14.8. The molecule has 2 rings (SSSR count). The molecular weight excluding hydrogens is 371 g/mol. The molecule has 6 heteroatoms. The van der Waals surface area contributed by atoms with Crippen molar-refractivity contribution in [1.82, 2.24) is 0 Å². The minimum atomic E-state index is 0.0101. The van der Waals surface area contributed by atoms with Gasteiger partial charge in [-0.2, -0.15) is 0 Å². The van der Waals surface area contributed by atoms with Gasteiger partial charge in [-0.3, -0.25) is 0 Å². The molecule has 2 aromatic carbocycles. The molecule has 0 aliphatic heterocycles. The van der Waals surface area contributed by atoms with Crippen molar-refractivity contribution in [3.63, 3.8) is 0 Å². The molecule has 0 aliphatic rings. The fourth-order valence-electron chi connectivity index (χ4n) is 2.00. The predicted molar refractivity (Wildman–Crippen MR) is 94.6 cm³/mol. The molecule has 112 valence electrons. The second kappa shape index (κ2) is 7.30. The largest absolute Gasteiger partial charge is 0.376 e. The zero-order valence-electron chi connectivity index (χ0n) is 11.1. The molecule has 0 spiro atoms. The summed E-state index contributed by atoms with van der Waals surface area (Å²) in [6.07, 6.45) is 0.827. The van der Waals surface area contributed by atoms with Crippen LogP contribution in [0.5, 0.6) is 0 Å². The van der Waals surface area contributed by atoms with Gasteiger partial charge in [-0.1, -0.05) is 71.0 Å². The van der Waals surface area contributed by atoms with Gasteiger partial charge in [0.05, 0.1) is 31.8 Å². The average Bonchev–Trinajstić information content (AvgIpc) is 2.41. The summed E-state index contributed by atoms with van der Waals surface area (Å²) in [6.45, 7) is 2.05. The van der Waals surface area contributed by atoms with E-state index in [9.17, 15) is 0 Å². The summed E-state index contributed by atoms with van der Waals surface area (Å²) in [4.78, 5) is 0. The average molecular weight is 384 g/mol. The second-order valence-electron chi connectivity index (χ2n) is 4.52. The third-order valence-corrected chi connectivity index (χ3v) is 4.63. The van der Waals surface area contributed by atoms with Crippen LogP contribution in [0.1, 0.15) is 24.9 Å². The SMILES string of the molecule is CCC(Nc1c(Cl)cc(Cl)cc1Cl)c1ccc(Cl)c(Cl)c1. The quantitative estimate of drug-likeness (QED) is 0.576. The summed E-state index contributed by atoms with van der Waals surface area (Å²) >= 11 is 30.3. The first-order chi connectivity index (χ1) is 9.92. The highest BCUT2D eigenvalue weighted by atomic mass is 35.5. The topological polar surface area (TPSA) is 12.0 Å². The highest BCUT2D eigenvalue weighted by Gasteiger charge is 2.15. The van der Waals surface area contributed by atoms with Crippen LogP contribution in [-0.4, -0.2) is 0 Å². The zero-order chi connectivity index (χ0) is 15.6. The molecule has 21 heavy (non-hydrogen) atoms. The van der Waals surface area contributed by atoms with Gasteiger partial charge >= 0.3 is 0 Å². The summed E-state index contributed by atoms with van der Waals surface area (Å²) in [6, 6.07) is 8.85. The molecule has 1 atom stereocenters. The van der Waals surface area contributed by atoms with E-state index < -0.39 is 0 Å². The maximum Gasteiger partial charge on any atom is 0.0724 e. The number of hydrogen-bond acceptors (Lipinski definition) is 1. The van der Waals surface area contributed by atoms with Gasteiger partial charge in [0.1, 0.15) is 0 Å². The maximum atomic E-state index is 6.20. The van der Waals surface area contributed by atoms with Gasteiger partial charge in [0, 0.05) is 5.02 Å². The number of halogens is 5. The lowest BCUT2D eigenvalue weighted by Gasteiger charge is -2.21. The van der Waals surface area contributed by atoms with Gasteiger partial charge in [0.2, 0.25) is 0 Å². The number of hydrogen-bond donors (Lipinski definition) is 1. The van der Waals surface area contributed by atoms with Gasteiger partial charge in [0.25, 0.3) is 0 Å². The van der Waals surface area contributed by atoms with Crippen LogP contribution < -0.4 is 5.32 Å². The molecule has 2 aromatic rings. The summed E-state index contributed by atoms with van der Waals surface area (Å²) in [7, 11) is 0. The lowest BCUT2D eigenvalue weighted by Crippen LogP contribution is -2.10. The van der Waals surface area contributed by atoms with E-state index in [1.807, 2.05) is 12.1 Å². The van der Waals surface area contributed by atoms with Crippen molar-refractivity contribution < 1.29 is 0 Å². The van der Waals surface area contributed by atoms with E-state index in [1.165, 1.54) is 0 Å². The van der Waals surface area contributed by atoms with E-state index in [4.69, 9.17) is 58.0 Å². The molecule has 0 radical (unpaired) electrons. The van der Waals surface area contributed by atoms with Gasteiger partial charge in [-0.05, 0) is 36.2 Å². The molecule has 0 fully saturated rings. The molecule has 0 saturated carbocycles. The third kappa shape index (κ3) is 4.12. The Morgan fingerprint density at radius 3 is 2.00 bits per heavy atom. The molecule has 0 heterocycles. The van der Waals surface area contributed by atoms with Crippen LogP contribution in [0.3, 0.4) is 0 Å². The third-order valence-electron chi connectivity index (χ3n) is 3.08. The van der Waals surface area contributed by atoms with Crippen molar-refractivity contribution in [2.24, 2.45) is 0 Å². The molecular formula is C15H12Cl5N. The van der Waals surface area contributed by atoms with Crippen LogP contribution in [-0.2, 0) is 0 Å². The molecule has 1 unspecified atom stereocenters. The lowest BCUT2D eigenvalue weighted by molar-refractivity contribution is 0.749. The van der Waals surface area contributed by atoms with E-state index in [1.54, 1.807) is 18.2 Å². The second-order valence-corrected chi connectivity index (χ2v) is 6.59. The Morgan fingerprint density at radius 1 is 0.857 bits per heavy atom. The molecule has 0 aliphatic carbocycles. The van der Waals surface area contributed by atoms with Crippen LogP contribution >= 0.6 is 58.0 Å². The molecule has 0 aromatic heterocycles. The van der Waals surface area contributed by atoms with Gasteiger partial charge in [-0.25, -0.2) is 0 Å². The number of benzene rings is 2. The Balaban J connectivity index is 2.33. The van der Waals surface area contributed by atoms with Crippen LogP contribution in [0.25, 0.3) is 0 Å². The fraction of sp³-hybridized carbons (Fsp3) is 0.200. The number of nitrogens with one attached hydrogen (secondary N) is 1. The summed E-state index contributed by atoms with van der Waals surface area (Å²) < 4.78 is 0. The van der Waals surface area contributed by atoms with Gasteiger partial charge in [-0.15, -0.1) is 0 Å². The van der Waals surface area contributed by atoms with Crippen LogP contribution in [0.4, 0.5) is 5.69 Å². The molecule has 0 bridgehead atoms. The highest BCUT2D eigenvalue weighted by Crippen LogP contribution is 2.37. The fourth-order valence-corrected chi connectivity index (χ4v) is 3.24. The van der Waals surface area contributed by atoms with Crippen molar-refractivity contribution in [1.29, 1.82) is 0 Å². The first-order valence-electron chi connectivity index (χ1n) is 6.28. The Labute approximate surface area is 149 Å². The van der Waals surface area contributed by atoms with Crippen molar-refractivity contribution >= 4 is 63.7 Å². The minimum Gasteiger partial charge on any atom is -0.376 e. The predicted octanol–water partition coefficient (Wildman–Crippen LogP) is 7.52. The van der Waals surface area contributed by atoms with E-state index in [0.29, 0.717) is 30.8 Å². The summed E-state index contributed by atoms with van der Waals surface area (Å²) in [5, 5.41) is 5.83. The van der Waals surface area contributed by atoms with Crippen LogP contribution in [0, 0.1) is 0 Å². The molecule has 1 N–H and O–H groups in total. The standard InChI is InChI=1S/C15H12Cl5N/c1-2-14(8-3-4-10(17)11(18)5-8)21-15-12(19)6-9(16)7-13(15)20/h3-7,14,21H,2H2,1H3. The number of anilines is 1. The monoisotopic (exact) mass is 381 g/mol. The van der Waals surface area contributed by atoms with Crippen molar-refractivity contribution in [3.05, 3.63) is 61.0 Å².